The molecule has 1 heterocycles. The molecule has 0 aliphatic rings. The fraction of sp³-hybridized carbons (Fsp3) is 0.444. The Kier molecular flexibility index (Phi) is 3.80. The van der Waals surface area contributed by atoms with Gasteiger partial charge in [-0.05, 0) is 6.92 Å². The van der Waals surface area contributed by atoms with Crippen LogP contribution in [0.1, 0.15) is 23.2 Å². The quantitative estimate of drug-likeness (QED) is 0.783. The Hall–Kier alpha value is -0.710. The zero-order valence-electron chi connectivity index (χ0n) is 7.85. The lowest BCUT2D eigenvalue weighted by atomic mass is 10.1. The first kappa shape index (κ1) is 11.4. The van der Waals surface area contributed by atoms with Crippen LogP contribution in [0.2, 0.25) is 0 Å². The third kappa shape index (κ3) is 2.03. The molecule has 1 aromatic rings. The second-order valence-electron chi connectivity index (χ2n) is 2.75. The molecule has 0 fully saturated rings. The molecule has 0 bridgehead atoms. The van der Waals surface area contributed by atoms with Crippen LogP contribution in [-0.2, 0) is 5.33 Å². The molecule has 1 aromatic heterocycles. The normalized spacial score (nSPS) is 10.7. The summed E-state index contributed by atoms with van der Waals surface area (Å²) in [5.41, 5.74) is 0.819. The van der Waals surface area contributed by atoms with Crippen molar-refractivity contribution in [2.75, 3.05) is 7.11 Å². The first-order valence-corrected chi connectivity index (χ1v) is 5.10. The average Bonchev–Trinajstić information content (AvgIpc) is 2.16. The molecule has 78 valence electrons. The summed E-state index contributed by atoms with van der Waals surface area (Å²) < 4.78 is 30.3. The summed E-state index contributed by atoms with van der Waals surface area (Å²) in [7, 11) is 1.38. The van der Waals surface area contributed by atoms with Gasteiger partial charge in [0.05, 0.1) is 12.7 Å². The topological polar surface area (TPSA) is 22.1 Å². The largest absolute Gasteiger partial charge is 0.496 e. The van der Waals surface area contributed by atoms with Crippen molar-refractivity contribution in [2.45, 2.75) is 18.7 Å². The van der Waals surface area contributed by atoms with Gasteiger partial charge in [-0.15, -0.1) is 0 Å². The minimum Gasteiger partial charge on any atom is -0.496 e. The van der Waals surface area contributed by atoms with Crippen molar-refractivity contribution in [2.24, 2.45) is 0 Å². The predicted octanol–water partition coefficient (Wildman–Crippen LogP) is 3.23. The second-order valence-corrected chi connectivity index (χ2v) is 3.31. The minimum atomic E-state index is -2.56. The third-order valence-electron chi connectivity index (χ3n) is 1.91. The van der Waals surface area contributed by atoms with E-state index in [1.165, 1.54) is 13.3 Å². The van der Waals surface area contributed by atoms with Crippen LogP contribution >= 0.6 is 15.9 Å². The molecule has 5 heteroatoms. The third-order valence-corrected chi connectivity index (χ3v) is 2.51. The van der Waals surface area contributed by atoms with Crippen molar-refractivity contribution in [3.05, 3.63) is 23.0 Å². The molecule has 0 atom stereocenters. The maximum absolute atomic E-state index is 12.7. The van der Waals surface area contributed by atoms with Gasteiger partial charge in [-0.2, -0.15) is 0 Å². The highest BCUT2D eigenvalue weighted by Crippen LogP contribution is 2.34. The number of methoxy groups -OCH3 is 1. The fourth-order valence-electron chi connectivity index (χ4n) is 1.23. The summed E-state index contributed by atoms with van der Waals surface area (Å²) >= 11 is 3.19. The van der Waals surface area contributed by atoms with Crippen molar-refractivity contribution in [1.29, 1.82) is 0 Å². The van der Waals surface area contributed by atoms with E-state index in [1.807, 2.05) is 0 Å². The molecule has 0 aliphatic carbocycles. The smallest absolute Gasteiger partial charge is 0.269 e. The van der Waals surface area contributed by atoms with Crippen LogP contribution in [0.25, 0.3) is 0 Å². The van der Waals surface area contributed by atoms with Crippen LogP contribution in [-0.4, -0.2) is 12.1 Å². The Morgan fingerprint density at radius 2 is 2.21 bits per heavy atom. The first-order chi connectivity index (χ1) is 6.61. The number of nitrogens with zero attached hydrogens (tertiary/aromatic N) is 1. The van der Waals surface area contributed by atoms with Gasteiger partial charge in [-0.25, -0.2) is 8.78 Å². The van der Waals surface area contributed by atoms with Crippen LogP contribution in [0.5, 0.6) is 5.75 Å². The number of ether oxygens (including phenoxy) is 1. The van der Waals surface area contributed by atoms with Gasteiger partial charge < -0.3 is 4.74 Å². The molecule has 0 amide bonds. The SMILES string of the molecule is COc1c(CBr)cnc(C)c1C(F)F. The van der Waals surface area contributed by atoms with Gasteiger partial charge in [0.1, 0.15) is 5.75 Å². The summed E-state index contributed by atoms with van der Waals surface area (Å²) in [5.74, 6) is 0.226. The van der Waals surface area contributed by atoms with Gasteiger partial charge in [-0.3, -0.25) is 4.98 Å². The van der Waals surface area contributed by atoms with E-state index in [9.17, 15) is 8.78 Å². The van der Waals surface area contributed by atoms with E-state index in [1.54, 1.807) is 6.92 Å². The molecule has 14 heavy (non-hydrogen) atoms. The van der Waals surface area contributed by atoms with E-state index in [0.717, 1.165) is 0 Å². The van der Waals surface area contributed by atoms with Crippen LogP contribution in [0.15, 0.2) is 6.20 Å². The van der Waals surface area contributed by atoms with Crippen molar-refractivity contribution >= 4 is 15.9 Å². The van der Waals surface area contributed by atoms with E-state index >= 15 is 0 Å². The number of hydrogen-bond donors (Lipinski definition) is 0. The molecule has 0 spiro atoms. The van der Waals surface area contributed by atoms with E-state index in [2.05, 4.69) is 20.9 Å². The number of rotatable bonds is 3. The molecule has 0 radical (unpaired) electrons. The van der Waals surface area contributed by atoms with Crippen LogP contribution in [0.4, 0.5) is 8.78 Å². The van der Waals surface area contributed by atoms with Crippen LogP contribution in [0.3, 0.4) is 0 Å². The van der Waals surface area contributed by atoms with Crippen molar-refractivity contribution < 1.29 is 13.5 Å². The molecule has 0 aromatic carbocycles. The number of aromatic nitrogens is 1. The minimum absolute atomic E-state index is 0.121. The molecule has 0 saturated carbocycles. The molecular weight excluding hydrogens is 256 g/mol. The number of pyridine rings is 1. The zero-order valence-corrected chi connectivity index (χ0v) is 9.44. The molecule has 1 rings (SSSR count). The average molecular weight is 266 g/mol. The lowest BCUT2D eigenvalue weighted by Gasteiger charge is -2.13. The van der Waals surface area contributed by atoms with Crippen molar-refractivity contribution in [3.8, 4) is 5.75 Å². The lowest BCUT2D eigenvalue weighted by molar-refractivity contribution is 0.145. The molecule has 0 unspecified atom stereocenters. The fourth-order valence-corrected chi connectivity index (χ4v) is 1.63. The molecular formula is C9H10BrF2NO. The summed E-state index contributed by atoms with van der Waals surface area (Å²) in [6, 6.07) is 0. The molecule has 0 N–H and O–H groups in total. The zero-order chi connectivity index (χ0) is 10.7. The molecule has 0 saturated heterocycles. The van der Waals surface area contributed by atoms with Gasteiger partial charge >= 0.3 is 0 Å². The second kappa shape index (κ2) is 4.68. The Bertz CT molecular complexity index is 331. The highest BCUT2D eigenvalue weighted by molar-refractivity contribution is 9.08. The molecule has 0 aliphatic heterocycles. The van der Waals surface area contributed by atoms with E-state index in [0.29, 0.717) is 16.6 Å². The predicted molar refractivity (Wildman–Crippen MR) is 53.1 cm³/mol. The first-order valence-electron chi connectivity index (χ1n) is 3.98. The van der Waals surface area contributed by atoms with E-state index in [-0.39, 0.29) is 11.3 Å². The molecule has 2 nitrogen and oxygen atoms in total. The Balaban J connectivity index is 3.35. The van der Waals surface area contributed by atoms with E-state index < -0.39 is 6.43 Å². The van der Waals surface area contributed by atoms with Crippen LogP contribution < -0.4 is 4.74 Å². The van der Waals surface area contributed by atoms with Gasteiger partial charge in [0.25, 0.3) is 6.43 Å². The highest BCUT2D eigenvalue weighted by atomic mass is 79.9. The highest BCUT2D eigenvalue weighted by Gasteiger charge is 2.20. The Morgan fingerprint density at radius 1 is 1.57 bits per heavy atom. The van der Waals surface area contributed by atoms with Gasteiger partial charge in [-0.1, -0.05) is 15.9 Å². The lowest BCUT2D eigenvalue weighted by Crippen LogP contribution is -2.01. The monoisotopic (exact) mass is 265 g/mol. The Labute approximate surface area is 89.4 Å². The number of alkyl halides is 3. The van der Waals surface area contributed by atoms with Gasteiger partial charge in [0.2, 0.25) is 0 Å². The van der Waals surface area contributed by atoms with Crippen LogP contribution in [0, 0.1) is 6.92 Å². The summed E-state index contributed by atoms with van der Waals surface area (Å²) in [6.45, 7) is 1.54. The standard InChI is InChI=1S/C9H10BrF2NO/c1-5-7(9(11)12)8(14-2)6(3-10)4-13-5/h4,9H,3H2,1-2H3. The number of hydrogen-bond acceptors (Lipinski definition) is 2. The number of aryl methyl sites for hydroxylation is 1. The van der Waals surface area contributed by atoms with E-state index in [4.69, 9.17) is 4.74 Å². The van der Waals surface area contributed by atoms with Gasteiger partial charge in [0.15, 0.2) is 0 Å². The summed E-state index contributed by atoms with van der Waals surface area (Å²) in [5, 5.41) is 0.448. The Morgan fingerprint density at radius 3 is 2.64 bits per heavy atom. The van der Waals surface area contributed by atoms with Crippen molar-refractivity contribution in [1.82, 2.24) is 4.98 Å². The summed E-state index contributed by atoms with van der Waals surface area (Å²) in [4.78, 5) is 3.89. The maximum atomic E-state index is 12.7. The number of halogens is 3. The van der Waals surface area contributed by atoms with Crippen molar-refractivity contribution in [3.63, 3.8) is 0 Å². The maximum Gasteiger partial charge on any atom is 0.269 e. The summed E-state index contributed by atoms with van der Waals surface area (Å²) in [6.07, 6.45) is -1.02. The van der Waals surface area contributed by atoms with Gasteiger partial charge in [0, 0.05) is 22.8 Å².